The maximum atomic E-state index is 5.95. The second-order valence-electron chi connectivity index (χ2n) is 4.17. The quantitative estimate of drug-likeness (QED) is 0.623. The van der Waals surface area contributed by atoms with E-state index >= 15 is 0 Å². The Labute approximate surface area is 98.4 Å². The Balaban J connectivity index is 2.22. The normalized spacial score (nSPS) is 16.4. The maximum Gasteiger partial charge on any atom is 0.218 e. The van der Waals surface area contributed by atoms with E-state index in [1.165, 1.54) is 19.3 Å². The van der Waals surface area contributed by atoms with Crippen molar-refractivity contribution in [1.82, 2.24) is 9.55 Å². The predicted octanol–water partition coefficient (Wildman–Crippen LogP) is 2.70. The van der Waals surface area contributed by atoms with Crippen LogP contribution in [0.3, 0.4) is 0 Å². The number of anilines is 1. The lowest BCUT2D eigenvalue weighted by Gasteiger charge is -2.28. The maximum absolute atomic E-state index is 5.95. The van der Waals surface area contributed by atoms with Gasteiger partial charge in [0.05, 0.1) is 11.0 Å². The van der Waals surface area contributed by atoms with Crippen molar-refractivity contribution in [3.63, 3.8) is 0 Å². The van der Waals surface area contributed by atoms with Gasteiger partial charge in [-0.25, -0.2) is 10.8 Å². The van der Waals surface area contributed by atoms with Crippen LogP contribution in [-0.2, 0) is 0 Å². The Morgan fingerprint density at radius 3 is 2.88 bits per heavy atom. The van der Waals surface area contributed by atoms with E-state index in [-0.39, 0.29) is 0 Å². The Kier molecular flexibility index (Phi) is 2.26. The first-order valence-electron chi connectivity index (χ1n) is 5.43. The van der Waals surface area contributed by atoms with Crippen LogP contribution in [0.25, 0.3) is 11.0 Å². The monoisotopic (exact) mass is 236 g/mol. The first-order valence-corrected chi connectivity index (χ1v) is 5.81. The molecule has 4 nitrogen and oxygen atoms in total. The van der Waals surface area contributed by atoms with Gasteiger partial charge in [0.1, 0.15) is 0 Å². The average Bonchev–Trinajstić information content (AvgIpc) is 2.54. The molecule has 1 fully saturated rings. The van der Waals surface area contributed by atoms with E-state index < -0.39 is 0 Å². The van der Waals surface area contributed by atoms with Gasteiger partial charge in [-0.15, -0.1) is 0 Å². The summed E-state index contributed by atoms with van der Waals surface area (Å²) < 4.78 is 2.18. The molecular weight excluding hydrogens is 224 g/mol. The third-order valence-corrected chi connectivity index (χ3v) is 3.46. The summed E-state index contributed by atoms with van der Waals surface area (Å²) in [5, 5.41) is 0.703. The molecule has 1 aromatic heterocycles. The first kappa shape index (κ1) is 9.93. The predicted molar refractivity (Wildman–Crippen MR) is 65.4 cm³/mol. The van der Waals surface area contributed by atoms with Crippen LogP contribution >= 0.6 is 11.6 Å². The van der Waals surface area contributed by atoms with E-state index in [9.17, 15) is 0 Å². The van der Waals surface area contributed by atoms with E-state index in [1.807, 2.05) is 18.2 Å². The van der Waals surface area contributed by atoms with Crippen LogP contribution in [-0.4, -0.2) is 9.55 Å². The fraction of sp³-hybridized carbons (Fsp3) is 0.364. The molecule has 1 saturated carbocycles. The molecule has 1 aliphatic rings. The molecule has 5 heteroatoms. The van der Waals surface area contributed by atoms with Crippen LogP contribution in [0.4, 0.5) is 5.95 Å². The van der Waals surface area contributed by atoms with Gasteiger partial charge in [0, 0.05) is 11.1 Å². The lowest BCUT2D eigenvalue weighted by molar-refractivity contribution is 0.323. The van der Waals surface area contributed by atoms with E-state index in [4.69, 9.17) is 17.4 Å². The van der Waals surface area contributed by atoms with Crippen LogP contribution in [0.5, 0.6) is 0 Å². The number of nitrogens with one attached hydrogen (secondary N) is 1. The molecule has 0 unspecified atom stereocenters. The summed E-state index contributed by atoms with van der Waals surface area (Å²) in [5.41, 5.74) is 4.66. The summed E-state index contributed by atoms with van der Waals surface area (Å²) in [6.07, 6.45) is 3.67. The van der Waals surface area contributed by atoms with Crippen molar-refractivity contribution in [1.29, 1.82) is 0 Å². The van der Waals surface area contributed by atoms with Gasteiger partial charge in [0.15, 0.2) is 0 Å². The minimum atomic E-state index is 0.525. The van der Waals surface area contributed by atoms with Gasteiger partial charge in [-0.3, -0.25) is 5.43 Å². The minimum absolute atomic E-state index is 0.525. The van der Waals surface area contributed by atoms with Gasteiger partial charge in [-0.2, -0.15) is 0 Å². The first-order chi connectivity index (χ1) is 7.79. The third-order valence-electron chi connectivity index (χ3n) is 3.22. The molecule has 3 N–H and O–H groups in total. The topological polar surface area (TPSA) is 55.9 Å². The van der Waals surface area contributed by atoms with Gasteiger partial charge in [0.25, 0.3) is 0 Å². The molecule has 0 bridgehead atoms. The highest BCUT2D eigenvalue weighted by molar-refractivity contribution is 6.31. The average molecular weight is 237 g/mol. The number of rotatable bonds is 2. The van der Waals surface area contributed by atoms with Crippen LogP contribution in [0, 0.1) is 0 Å². The third kappa shape index (κ3) is 1.37. The Morgan fingerprint density at radius 1 is 1.44 bits per heavy atom. The van der Waals surface area contributed by atoms with Crippen LogP contribution in [0.1, 0.15) is 25.3 Å². The number of nitrogens with two attached hydrogens (primary N) is 1. The largest absolute Gasteiger partial charge is 0.306 e. The fourth-order valence-corrected chi connectivity index (χ4v) is 2.35. The molecule has 0 amide bonds. The molecule has 16 heavy (non-hydrogen) atoms. The van der Waals surface area contributed by atoms with Crippen molar-refractivity contribution in [3.8, 4) is 0 Å². The van der Waals surface area contributed by atoms with Gasteiger partial charge < -0.3 is 4.57 Å². The Morgan fingerprint density at radius 2 is 2.25 bits per heavy atom. The highest BCUT2D eigenvalue weighted by Gasteiger charge is 2.24. The van der Waals surface area contributed by atoms with Crippen molar-refractivity contribution in [3.05, 3.63) is 23.2 Å². The number of halogens is 1. The number of hydrogen-bond donors (Lipinski definition) is 2. The molecule has 0 radical (unpaired) electrons. The number of nitrogens with zero attached hydrogens (tertiary/aromatic N) is 2. The summed E-state index contributed by atoms with van der Waals surface area (Å²) in [6.45, 7) is 0. The molecule has 1 heterocycles. The minimum Gasteiger partial charge on any atom is -0.306 e. The number of aromatic nitrogens is 2. The van der Waals surface area contributed by atoms with Crippen LogP contribution in [0.15, 0.2) is 18.2 Å². The zero-order chi connectivity index (χ0) is 11.1. The smallest absolute Gasteiger partial charge is 0.218 e. The molecular formula is C11H13ClN4. The second kappa shape index (κ2) is 3.64. The number of nitrogen functional groups attached to an aromatic ring is 1. The van der Waals surface area contributed by atoms with E-state index in [0.717, 1.165) is 17.0 Å². The van der Waals surface area contributed by atoms with Crippen molar-refractivity contribution >= 4 is 28.6 Å². The Bertz CT molecular complexity index is 530. The fourth-order valence-electron chi connectivity index (χ4n) is 2.19. The SMILES string of the molecule is NNc1nc2cc(Cl)ccc2n1C1CCC1. The number of fused-ring (bicyclic) bond motifs is 1. The van der Waals surface area contributed by atoms with Crippen molar-refractivity contribution in [2.24, 2.45) is 5.84 Å². The zero-order valence-electron chi connectivity index (χ0n) is 8.78. The molecule has 2 aromatic rings. The van der Waals surface area contributed by atoms with Gasteiger partial charge in [-0.05, 0) is 37.5 Å². The van der Waals surface area contributed by atoms with Crippen LogP contribution < -0.4 is 11.3 Å². The molecule has 3 rings (SSSR count). The number of hydrazine groups is 1. The van der Waals surface area contributed by atoms with Crippen molar-refractivity contribution in [2.45, 2.75) is 25.3 Å². The lowest BCUT2D eigenvalue weighted by atomic mass is 9.93. The van der Waals surface area contributed by atoms with E-state index in [0.29, 0.717) is 11.1 Å². The Hall–Kier alpha value is -1.26. The zero-order valence-corrected chi connectivity index (χ0v) is 9.54. The summed E-state index contributed by atoms with van der Waals surface area (Å²) in [7, 11) is 0. The summed E-state index contributed by atoms with van der Waals surface area (Å²) in [4.78, 5) is 4.44. The highest BCUT2D eigenvalue weighted by Crippen LogP contribution is 2.37. The molecule has 0 aliphatic heterocycles. The summed E-state index contributed by atoms with van der Waals surface area (Å²) >= 11 is 5.95. The van der Waals surface area contributed by atoms with E-state index in [2.05, 4.69) is 15.0 Å². The number of hydrogen-bond acceptors (Lipinski definition) is 3. The molecule has 1 aliphatic carbocycles. The van der Waals surface area contributed by atoms with Gasteiger partial charge in [0.2, 0.25) is 5.95 Å². The summed E-state index contributed by atoms with van der Waals surface area (Å²) in [6, 6.07) is 6.29. The molecule has 84 valence electrons. The highest BCUT2D eigenvalue weighted by atomic mass is 35.5. The van der Waals surface area contributed by atoms with Crippen molar-refractivity contribution in [2.75, 3.05) is 5.43 Å². The number of imidazole rings is 1. The lowest BCUT2D eigenvalue weighted by Crippen LogP contribution is -2.21. The standard InChI is InChI=1S/C11H13ClN4/c12-7-4-5-10-9(6-7)14-11(15-13)16(10)8-2-1-3-8/h4-6,8H,1-3,13H2,(H,14,15). The molecule has 1 aromatic carbocycles. The molecule has 0 atom stereocenters. The van der Waals surface area contributed by atoms with Crippen molar-refractivity contribution < 1.29 is 0 Å². The number of benzene rings is 1. The van der Waals surface area contributed by atoms with Crippen LogP contribution in [0.2, 0.25) is 5.02 Å². The molecule has 0 spiro atoms. The summed E-state index contributed by atoms with van der Waals surface area (Å²) in [5.74, 6) is 6.23. The van der Waals surface area contributed by atoms with Gasteiger partial charge in [-0.1, -0.05) is 11.6 Å². The van der Waals surface area contributed by atoms with E-state index in [1.54, 1.807) is 0 Å². The van der Waals surface area contributed by atoms with Gasteiger partial charge >= 0.3 is 0 Å². The molecule has 0 saturated heterocycles. The second-order valence-corrected chi connectivity index (χ2v) is 4.60.